The van der Waals surface area contributed by atoms with Crippen LogP contribution in [0.1, 0.15) is 42.7 Å². The van der Waals surface area contributed by atoms with Crippen LogP contribution in [0, 0.1) is 0 Å². The molecule has 0 spiro atoms. The van der Waals surface area contributed by atoms with Crippen LogP contribution in [0.25, 0.3) is 0 Å². The van der Waals surface area contributed by atoms with Gasteiger partial charge in [-0.15, -0.1) is 10.2 Å². The van der Waals surface area contributed by atoms with Gasteiger partial charge in [-0.2, -0.15) is 0 Å². The van der Waals surface area contributed by atoms with E-state index in [1.165, 1.54) is 18.2 Å². The molecule has 0 aliphatic rings. The molecule has 0 saturated heterocycles. The van der Waals surface area contributed by atoms with Crippen LogP contribution in [0.4, 0.5) is 5.13 Å². The monoisotopic (exact) mass is 544 g/mol. The number of rotatable bonds is 10. The molecule has 13 heteroatoms. The fourth-order valence-electron chi connectivity index (χ4n) is 2.90. The summed E-state index contributed by atoms with van der Waals surface area (Å²) in [5.74, 6) is 0.532. The predicted molar refractivity (Wildman–Crippen MR) is 132 cm³/mol. The van der Waals surface area contributed by atoms with Crippen LogP contribution < -0.4 is 19.5 Å². The first kappa shape index (κ1) is 26.2. The topological polar surface area (TPSA) is 120 Å². The van der Waals surface area contributed by atoms with E-state index in [9.17, 15) is 13.2 Å². The number of anilines is 1. The van der Waals surface area contributed by atoms with Crippen molar-refractivity contribution in [2.24, 2.45) is 0 Å². The summed E-state index contributed by atoms with van der Waals surface area (Å²) in [6, 6.07) is 9.00. The van der Waals surface area contributed by atoms with Gasteiger partial charge in [-0.3, -0.25) is 10.1 Å². The van der Waals surface area contributed by atoms with Crippen LogP contribution in [-0.2, 0) is 10.0 Å². The molecule has 0 bridgehead atoms. The van der Waals surface area contributed by atoms with Gasteiger partial charge in [0.25, 0.3) is 15.9 Å². The molecule has 1 atom stereocenters. The summed E-state index contributed by atoms with van der Waals surface area (Å²) in [4.78, 5) is 12.4. The summed E-state index contributed by atoms with van der Waals surface area (Å²) >= 11 is 12.6. The molecule has 1 heterocycles. The molecule has 2 N–H and O–H groups in total. The molecule has 0 aliphatic carbocycles. The van der Waals surface area contributed by atoms with Crippen molar-refractivity contribution in [1.29, 1.82) is 0 Å². The van der Waals surface area contributed by atoms with E-state index in [0.29, 0.717) is 46.6 Å². The Morgan fingerprint density at radius 2 is 1.76 bits per heavy atom. The normalized spacial score (nSPS) is 12.3. The van der Waals surface area contributed by atoms with E-state index in [4.69, 9.17) is 32.7 Å². The first-order valence-corrected chi connectivity index (χ1v) is 13.2. The van der Waals surface area contributed by atoms with Gasteiger partial charge < -0.3 is 9.47 Å². The van der Waals surface area contributed by atoms with E-state index in [1.54, 1.807) is 25.1 Å². The Hall–Kier alpha value is -2.44. The number of nitrogens with one attached hydrogen (secondary N) is 2. The molecular formula is C21H22Cl2N4O5S2. The molecule has 182 valence electrons. The maximum atomic E-state index is 12.8. The van der Waals surface area contributed by atoms with Crippen LogP contribution in [-0.4, -0.2) is 37.7 Å². The molecule has 34 heavy (non-hydrogen) atoms. The van der Waals surface area contributed by atoms with Crippen LogP contribution in [0.5, 0.6) is 11.5 Å². The summed E-state index contributed by atoms with van der Waals surface area (Å²) in [5.41, 5.74) is 0.837. The van der Waals surface area contributed by atoms with Gasteiger partial charge in [0, 0.05) is 11.1 Å². The highest BCUT2D eigenvalue weighted by Gasteiger charge is 2.25. The molecule has 0 aliphatic heterocycles. The van der Waals surface area contributed by atoms with Crippen molar-refractivity contribution in [3.8, 4) is 11.5 Å². The number of carbonyl (C=O) groups is 1. The molecule has 0 unspecified atom stereocenters. The number of amides is 1. The maximum absolute atomic E-state index is 12.8. The standard InChI is InChI=1S/C21H22Cl2N4O5S2/c1-4-31-17-9-6-13(10-18(17)32-5-2)12(3)27-34(29,30)21-26-25-20(33-21)24-19(28)15-8-7-14(22)11-16(15)23/h6-12,27H,4-5H2,1-3H3,(H,24,25,28)/t12-/m0/s1. The SMILES string of the molecule is CCOc1ccc([C@H](C)NS(=O)(=O)c2nnc(NC(=O)c3ccc(Cl)cc3Cl)s2)cc1OCC. The lowest BCUT2D eigenvalue weighted by Crippen LogP contribution is -2.26. The third-order valence-electron chi connectivity index (χ3n) is 4.43. The van der Waals surface area contributed by atoms with Crippen molar-refractivity contribution < 1.29 is 22.7 Å². The van der Waals surface area contributed by atoms with Gasteiger partial charge in [-0.1, -0.05) is 40.6 Å². The van der Waals surface area contributed by atoms with Gasteiger partial charge in [0.2, 0.25) is 9.47 Å². The van der Waals surface area contributed by atoms with Crippen molar-refractivity contribution >= 4 is 55.6 Å². The molecule has 1 amide bonds. The highest BCUT2D eigenvalue weighted by Crippen LogP contribution is 2.31. The second-order valence-electron chi connectivity index (χ2n) is 6.87. The second-order valence-corrected chi connectivity index (χ2v) is 10.6. The molecule has 9 nitrogen and oxygen atoms in total. The third kappa shape index (κ3) is 6.36. The predicted octanol–water partition coefficient (Wildman–Crippen LogP) is 4.93. The van der Waals surface area contributed by atoms with Gasteiger partial charge in [0.1, 0.15) is 0 Å². The van der Waals surface area contributed by atoms with Crippen molar-refractivity contribution in [3.63, 3.8) is 0 Å². The minimum absolute atomic E-state index is 0.00347. The van der Waals surface area contributed by atoms with Gasteiger partial charge in [0.05, 0.1) is 23.8 Å². The lowest BCUT2D eigenvalue weighted by molar-refractivity contribution is 0.102. The fourth-order valence-corrected chi connectivity index (χ4v) is 5.53. The van der Waals surface area contributed by atoms with E-state index in [0.717, 1.165) is 0 Å². The number of hydrogen-bond donors (Lipinski definition) is 2. The summed E-state index contributed by atoms with van der Waals surface area (Å²) in [7, 11) is -4.02. The number of halogens is 2. The number of benzene rings is 2. The van der Waals surface area contributed by atoms with E-state index < -0.39 is 22.0 Å². The van der Waals surface area contributed by atoms with Crippen molar-refractivity contribution in [2.75, 3.05) is 18.5 Å². The van der Waals surface area contributed by atoms with E-state index >= 15 is 0 Å². The van der Waals surface area contributed by atoms with Crippen LogP contribution in [0.2, 0.25) is 10.0 Å². The minimum Gasteiger partial charge on any atom is -0.490 e. The number of nitrogens with zero attached hydrogens (tertiary/aromatic N) is 2. The number of aromatic nitrogens is 2. The van der Waals surface area contributed by atoms with E-state index in [1.807, 2.05) is 13.8 Å². The Bertz CT molecular complexity index is 1280. The van der Waals surface area contributed by atoms with Crippen LogP contribution in [0.15, 0.2) is 40.7 Å². The molecule has 3 rings (SSSR count). The highest BCUT2D eigenvalue weighted by atomic mass is 35.5. The molecule has 1 aromatic heterocycles. The summed E-state index contributed by atoms with van der Waals surface area (Å²) in [6.45, 7) is 6.31. The zero-order valence-corrected chi connectivity index (χ0v) is 21.6. The highest BCUT2D eigenvalue weighted by molar-refractivity contribution is 7.91. The van der Waals surface area contributed by atoms with Crippen molar-refractivity contribution in [1.82, 2.24) is 14.9 Å². The van der Waals surface area contributed by atoms with E-state index in [2.05, 4.69) is 20.2 Å². The van der Waals surface area contributed by atoms with E-state index in [-0.39, 0.29) is 20.1 Å². The lowest BCUT2D eigenvalue weighted by atomic mass is 10.1. The molecule has 0 fully saturated rings. The average molecular weight is 545 g/mol. The quantitative estimate of drug-likeness (QED) is 0.347. The van der Waals surface area contributed by atoms with Crippen molar-refractivity contribution in [2.45, 2.75) is 31.2 Å². The Balaban J connectivity index is 1.73. The fraction of sp³-hybridized carbons (Fsp3) is 0.286. The van der Waals surface area contributed by atoms with Crippen molar-refractivity contribution in [3.05, 3.63) is 57.6 Å². The van der Waals surface area contributed by atoms with Crippen LogP contribution >= 0.6 is 34.5 Å². The Morgan fingerprint density at radius 1 is 1.06 bits per heavy atom. The number of sulfonamides is 1. The first-order valence-electron chi connectivity index (χ1n) is 10.2. The Labute approximate surface area is 211 Å². The molecule has 3 aromatic rings. The smallest absolute Gasteiger partial charge is 0.270 e. The van der Waals surface area contributed by atoms with Gasteiger partial charge >= 0.3 is 0 Å². The second kappa shape index (κ2) is 11.3. The number of carbonyl (C=O) groups excluding carboxylic acids is 1. The van der Waals surface area contributed by atoms with Gasteiger partial charge in [-0.25, -0.2) is 13.1 Å². The number of hydrogen-bond acceptors (Lipinski definition) is 8. The molecule has 0 saturated carbocycles. The van der Waals surface area contributed by atoms with Gasteiger partial charge in [-0.05, 0) is 56.7 Å². The summed E-state index contributed by atoms with van der Waals surface area (Å²) in [6.07, 6.45) is 0. The van der Waals surface area contributed by atoms with Crippen LogP contribution in [0.3, 0.4) is 0 Å². The third-order valence-corrected chi connectivity index (χ3v) is 7.73. The first-order chi connectivity index (χ1) is 16.1. The largest absolute Gasteiger partial charge is 0.490 e. The molecule has 0 radical (unpaired) electrons. The maximum Gasteiger partial charge on any atom is 0.270 e. The summed E-state index contributed by atoms with van der Waals surface area (Å²) < 4.78 is 39.1. The molecular weight excluding hydrogens is 523 g/mol. The van der Waals surface area contributed by atoms with Gasteiger partial charge in [0.15, 0.2) is 11.5 Å². The lowest BCUT2D eigenvalue weighted by Gasteiger charge is -2.16. The molecule has 2 aromatic carbocycles. The zero-order valence-electron chi connectivity index (χ0n) is 18.5. The Morgan fingerprint density at radius 3 is 2.44 bits per heavy atom. The Kier molecular flexibility index (Phi) is 8.72. The minimum atomic E-state index is -4.02. The average Bonchev–Trinajstić information content (AvgIpc) is 3.24. The summed E-state index contributed by atoms with van der Waals surface area (Å²) in [5, 5.41) is 10.5. The zero-order chi connectivity index (χ0) is 24.9. The number of ether oxygens (including phenoxy) is 2.